The maximum atomic E-state index is 12.5. The van der Waals surface area contributed by atoms with Crippen molar-refractivity contribution in [1.29, 1.82) is 0 Å². The van der Waals surface area contributed by atoms with Crippen LogP contribution in [-0.4, -0.2) is 53.1 Å². The molecular weight excluding hydrogens is 334 g/mol. The second-order valence-electron chi connectivity index (χ2n) is 8.23. The van der Waals surface area contributed by atoms with Crippen LogP contribution in [0.2, 0.25) is 0 Å². The van der Waals surface area contributed by atoms with Gasteiger partial charge in [-0.1, -0.05) is 33.1 Å². The minimum Gasteiger partial charge on any atom is -0.480 e. The van der Waals surface area contributed by atoms with E-state index in [0.29, 0.717) is 38.4 Å². The molecule has 1 heterocycles. The Labute approximate surface area is 155 Å². The van der Waals surface area contributed by atoms with Crippen molar-refractivity contribution in [3.8, 4) is 0 Å². The van der Waals surface area contributed by atoms with E-state index in [9.17, 15) is 19.5 Å². The number of amides is 3. The van der Waals surface area contributed by atoms with E-state index in [1.54, 1.807) is 4.90 Å². The predicted octanol–water partition coefficient (Wildman–Crippen LogP) is 2.36. The lowest BCUT2D eigenvalue weighted by atomic mass is 9.81. The summed E-state index contributed by atoms with van der Waals surface area (Å²) in [6.45, 7) is 6.00. The number of hydrogen-bond donors (Lipinski definition) is 3. The number of carboxylic acid groups (broad SMARTS) is 1. The van der Waals surface area contributed by atoms with Crippen LogP contribution in [0, 0.1) is 11.8 Å². The number of nitrogens with zero attached hydrogens (tertiary/aromatic N) is 1. The minimum atomic E-state index is -1.10. The highest BCUT2D eigenvalue weighted by Gasteiger charge is 2.41. The van der Waals surface area contributed by atoms with Crippen LogP contribution in [-0.2, 0) is 9.59 Å². The summed E-state index contributed by atoms with van der Waals surface area (Å²) in [5, 5.41) is 15.3. The number of likely N-dealkylation sites (tertiary alicyclic amines) is 1. The monoisotopic (exact) mass is 367 g/mol. The van der Waals surface area contributed by atoms with Gasteiger partial charge in [0.15, 0.2) is 0 Å². The van der Waals surface area contributed by atoms with Gasteiger partial charge in [-0.15, -0.1) is 0 Å². The molecule has 148 valence electrons. The van der Waals surface area contributed by atoms with E-state index in [1.165, 1.54) is 0 Å². The zero-order valence-corrected chi connectivity index (χ0v) is 16.1. The van der Waals surface area contributed by atoms with Crippen LogP contribution >= 0.6 is 0 Å². The first kappa shape index (κ1) is 20.5. The summed E-state index contributed by atoms with van der Waals surface area (Å²) in [6.07, 6.45) is 5.74. The molecule has 3 amide bonds. The van der Waals surface area contributed by atoms with E-state index in [1.807, 2.05) is 13.8 Å². The first-order valence-electron chi connectivity index (χ1n) is 9.89. The number of hydrogen-bond acceptors (Lipinski definition) is 3. The Balaban J connectivity index is 1.86. The van der Waals surface area contributed by atoms with E-state index in [2.05, 4.69) is 10.6 Å². The van der Waals surface area contributed by atoms with Gasteiger partial charge in [0.05, 0.1) is 0 Å². The van der Waals surface area contributed by atoms with Crippen molar-refractivity contribution < 1.29 is 19.5 Å². The fourth-order valence-electron chi connectivity index (χ4n) is 3.95. The number of nitrogens with one attached hydrogen (secondary N) is 2. The number of piperidine rings is 1. The molecule has 0 aromatic rings. The first-order valence-corrected chi connectivity index (χ1v) is 9.89. The average Bonchev–Trinajstić information content (AvgIpc) is 2.60. The van der Waals surface area contributed by atoms with Crippen LogP contribution in [0.3, 0.4) is 0 Å². The molecular formula is C19H33N3O4. The summed E-state index contributed by atoms with van der Waals surface area (Å²) in [5.41, 5.74) is -1.10. The molecule has 0 spiro atoms. The standard InChI is InChI=1S/C19H33N3O4/c1-14(2)12-20-18(26)22-10-6-7-15(13-22)11-16(23)21-19(17(24)25)8-4-3-5-9-19/h14-15H,3-13H2,1-2H3,(H,20,26)(H,21,23)(H,24,25). The van der Waals surface area contributed by atoms with Crippen molar-refractivity contribution in [2.75, 3.05) is 19.6 Å². The molecule has 1 saturated carbocycles. The van der Waals surface area contributed by atoms with Gasteiger partial charge < -0.3 is 20.6 Å². The van der Waals surface area contributed by atoms with Crippen LogP contribution < -0.4 is 10.6 Å². The summed E-state index contributed by atoms with van der Waals surface area (Å²) in [4.78, 5) is 38.2. The molecule has 0 aromatic carbocycles. The van der Waals surface area contributed by atoms with E-state index >= 15 is 0 Å². The summed E-state index contributed by atoms with van der Waals surface area (Å²) >= 11 is 0. The summed E-state index contributed by atoms with van der Waals surface area (Å²) in [6, 6.07) is -0.0712. The maximum Gasteiger partial charge on any atom is 0.329 e. The predicted molar refractivity (Wildman–Crippen MR) is 98.7 cm³/mol. The molecule has 7 heteroatoms. The topological polar surface area (TPSA) is 98.7 Å². The largest absolute Gasteiger partial charge is 0.480 e. The molecule has 0 radical (unpaired) electrons. The molecule has 0 bridgehead atoms. The number of rotatable bonds is 6. The molecule has 2 rings (SSSR count). The lowest BCUT2D eigenvalue weighted by molar-refractivity contribution is -0.149. The SMILES string of the molecule is CC(C)CNC(=O)N1CCCC(CC(=O)NC2(C(=O)O)CCCCC2)C1. The van der Waals surface area contributed by atoms with E-state index in [-0.39, 0.29) is 24.3 Å². The van der Waals surface area contributed by atoms with Crippen molar-refractivity contribution >= 4 is 17.9 Å². The molecule has 1 atom stereocenters. The van der Waals surface area contributed by atoms with E-state index < -0.39 is 11.5 Å². The lowest BCUT2D eigenvalue weighted by Gasteiger charge is -2.36. The van der Waals surface area contributed by atoms with Crippen molar-refractivity contribution in [2.45, 2.75) is 70.8 Å². The summed E-state index contributed by atoms with van der Waals surface area (Å²) < 4.78 is 0. The van der Waals surface area contributed by atoms with Crippen molar-refractivity contribution in [3.63, 3.8) is 0 Å². The van der Waals surface area contributed by atoms with Crippen LogP contribution in [0.1, 0.15) is 65.2 Å². The highest BCUT2D eigenvalue weighted by molar-refractivity contribution is 5.87. The third kappa shape index (κ3) is 5.61. The van der Waals surface area contributed by atoms with Gasteiger partial charge >= 0.3 is 12.0 Å². The van der Waals surface area contributed by atoms with Gasteiger partial charge in [-0.05, 0) is 37.5 Å². The van der Waals surface area contributed by atoms with Crippen LogP contribution in [0.5, 0.6) is 0 Å². The molecule has 1 saturated heterocycles. The smallest absolute Gasteiger partial charge is 0.329 e. The van der Waals surface area contributed by atoms with Crippen LogP contribution in [0.15, 0.2) is 0 Å². The molecule has 7 nitrogen and oxygen atoms in total. The Bertz CT molecular complexity index is 515. The van der Waals surface area contributed by atoms with E-state index in [4.69, 9.17) is 0 Å². The molecule has 2 aliphatic rings. The molecule has 1 unspecified atom stereocenters. The summed E-state index contributed by atoms with van der Waals surface area (Å²) in [7, 11) is 0. The first-order chi connectivity index (χ1) is 12.3. The fourth-order valence-corrected chi connectivity index (χ4v) is 3.95. The molecule has 0 aromatic heterocycles. The number of aliphatic carboxylic acids is 1. The zero-order chi connectivity index (χ0) is 19.2. The normalized spacial score (nSPS) is 22.7. The minimum absolute atomic E-state index is 0.0712. The van der Waals surface area contributed by atoms with Gasteiger partial charge in [-0.3, -0.25) is 4.79 Å². The molecule has 1 aliphatic carbocycles. The van der Waals surface area contributed by atoms with Crippen LogP contribution in [0.4, 0.5) is 4.79 Å². The Morgan fingerprint density at radius 3 is 2.46 bits per heavy atom. The molecule has 26 heavy (non-hydrogen) atoms. The third-order valence-electron chi connectivity index (χ3n) is 5.44. The highest BCUT2D eigenvalue weighted by atomic mass is 16.4. The zero-order valence-electron chi connectivity index (χ0n) is 16.1. The van der Waals surface area contributed by atoms with E-state index in [0.717, 1.165) is 32.1 Å². The quantitative estimate of drug-likeness (QED) is 0.671. The van der Waals surface area contributed by atoms with Gasteiger partial charge in [0.25, 0.3) is 0 Å². The fraction of sp³-hybridized carbons (Fsp3) is 0.842. The summed E-state index contributed by atoms with van der Waals surface area (Å²) in [5.74, 6) is -0.649. The van der Waals surface area contributed by atoms with Gasteiger partial charge in [-0.25, -0.2) is 9.59 Å². The van der Waals surface area contributed by atoms with Gasteiger partial charge in [0, 0.05) is 26.1 Å². The molecule has 3 N–H and O–H groups in total. The Kier molecular flexibility index (Phi) is 7.29. The molecule has 2 fully saturated rings. The Morgan fingerprint density at radius 1 is 1.15 bits per heavy atom. The van der Waals surface area contributed by atoms with Gasteiger partial charge in [-0.2, -0.15) is 0 Å². The molecule has 1 aliphatic heterocycles. The number of carbonyl (C=O) groups is 3. The van der Waals surface area contributed by atoms with Crippen LogP contribution in [0.25, 0.3) is 0 Å². The van der Waals surface area contributed by atoms with Crippen molar-refractivity contribution in [2.24, 2.45) is 11.8 Å². The third-order valence-corrected chi connectivity index (χ3v) is 5.44. The second kappa shape index (κ2) is 9.24. The Morgan fingerprint density at radius 2 is 1.85 bits per heavy atom. The van der Waals surface area contributed by atoms with Crippen molar-refractivity contribution in [3.05, 3.63) is 0 Å². The average molecular weight is 367 g/mol. The maximum absolute atomic E-state index is 12.5. The number of carboxylic acids is 1. The second-order valence-corrected chi connectivity index (χ2v) is 8.23. The lowest BCUT2D eigenvalue weighted by Crippen LogP contribution is -2.56. The Hall–Kier alpha value is -1.79. The van der Waals surface area contributed by atoms with Gasteiger partial charge in [0.2, 0.25) is 5.91 Å². The number of carbonyl (C=O) groups excluding carboxylic acids is 2. The van der Waals surface area contributed by atoms with Gasteiger partial charge in [0.1, 0.15) is 5.54 Å². The van der Waals surface area contributed by atoms with Crippen molar-refractivity contribution in [1.82, 2.24) is 15.5 Å². The number of urea groups is 1. The highest BCUT2D eigenvalue weighted by Crippen LogP contribution is 2.29.